The normalized spacial score (nSPS) is 31.3. The number of hydrogen-bond donors (Lipinski definition) is 3. The summed E-state index contributed by atoms with van der Waals surface area (Å²) in [7, 11) is 1.66. The molecule has 4 unspecified atom stereocenters. The summed E-state index contributed by atoms with van der Waals surface area (Å²) in [5.41, 5.74) is 2.62. The molecule has 3 N–H and O–H groups in total. The fourth-order valence-corrected chi connectivity index (χ4v) is 4.04. The van der Waals surface area contributed by atoms with Crippen LogP contribution in [0, 0.1) is 17.8 Å². The minimum atomic E-state index is 0.0621. The minimum Gasteiger partial charge on any atom is -0.497 e. The van der Waals surface area contributed by atoms with E-state index in [1.54, 1.807) is 7.11 Å². The van der Waals surface area contributed by atoms with Crippen LogP contribution >= 0.6 is 0 Å². The number of benzene rings is 1. The number of hydrogen-bond acceptors (Lipinski definition) is 4. The molecule has 4 nitrogen and oxygen atoms in total. The molecule has 1 heterocycles. The highest BCUT2D eigenvalue weighted by molar-refractivity contribution is 5.35. The first-order chi connectivity index (χ1) is 10.8. The third kappa shape index (κ3) is 2.78. The van der Waals surface area contributed by atoms with Gasteiger partial charge in [0.25, 0.3) is 0 Å². The monoisotopic (exact) mass is 303 g/mol. The van der Waals surface area contributed by atoms with Crippen LogP contribution in [0.3, 0.4) is 0 Å². The van der Waals surface area contributed by atoms with Gasteiger partial charge in [0.05, 0.1) is 7.11 Å². The topological polar surface area (TPSA) is 61.7 Å². The molecule has 22 heavy (non-hydrogen) atoms. The lowest BCUT2D eigenvalue weighted by Gasteiger charge is -2.43. The van der Waals surface area contributed by atoms with Gasteiger partial charge in [-0.3, -0.25) is 0 Å². The summed E-state index contributed by atoms with van der Waals surface area (Å²) in [6, 6.07) is 8.06. The SMILES string of the molecule is COc1ccc(C2C=C3CCNCC3C(CO)C2CO)cc1. The van der Waals surface area contributed by atoms with Gasteiger partial charge in [0.1, 0.15) is 5.75 Å². The predicted octanol–water partition coefficient (Wildman–Crippen LogP) is 1.55. The van der Waals surface area contributed by atoms with E-state index in [1.807, 2.05) is 12.1 Å². The lowest BCUT2D eigenvalue weighted by atomic mass is 9.64. The van der Waals surface area contributed by atoms with E-state index < -0.39 is 0 Å². The zero-order valence-corrected chi connectivity index (χ0v) is 13.0. The third-order valence-electron chi connectivity index (χ3n) is 5.27. The molecule has 0 amide bonds. The average molecular weight is 303 g/mol. The number of fused-ring (bicyclic) bond motifs is 1. The van der Waals surface area contributed by atoms with E-state index in [9.17, 15) is 10.2 Å². The maximum Gasteiger partial charge on any atom is 0.118 e. The van der Waals surface area contributed by atoms with Crippen LogP contribution in [0.25, 0.3) is 0 Å². The van der Waals surface area contributed by atoms with E-state index in [0.29, 0.717) is 5.92 Å². The van der Waals surface area contributed by atoms with Crippen LogP contribution in [0.15, 0.2) is 35.9 Å². The van der Waals surface area contributed by atoms with Crippen molar-refractivity contribution in [1.82, 2.24) is 5.32 Å². The maximum absolute atomic E-state index is 9.93. The first-order valence-corrected chi connectivity index (χ1v) is 8.05. The molecule has 0 aromatic heterocycles. The van der Waals surface area contributed by atoms with Crippen LogP contribution in [-0.2, 0) is 0 Å². The molecule has 2 aliphatic rings. The Bertz CT molecular complexity index is 526. The number of allylic oxidation sites excluding steroid dienone is 1. The Balaban J connectivity index is 1.96. The molecule has 0 spiro atoms. The zero-order valence-electron chi connectivity index (χ0n) is 13.0. The molecule has 0 bridgehead atoms. The highest BCUT2D eigenvalue weighted by Gasteiger charge is 2.40. The van der Waals surface area contributed by atoms with Crippen LogP contribution in [-0.4, -0.2) is 43.6 Å². The Morgan fingerprint density at radius 2 is 1.86 bits per heavy atom. The summed E-state index contributed by atoms with van der Waals surface area (Å²) in [6.45, 7) is 2.13. The molecule has 1 aromatic carbocycles. The second-order valence-electron chi connectivity index (χ2n) is 6.29. The third-order valence-corrected chi connectivity index (χ3v) is 5.27. The molecule has 1 aliphatic heterocycles. The van der Waals surface area contributed by atoms with Gasteiger partial charge in [-0.25, -0.2) is 0 Å². The van der Waals surface area contributed by atoms with E-state index in [2.05, 4.69) is 23.5 Å². The van der Waals surface area contributed by atoms with Crippen molar-refractivity contribution in [3.8, 4) is 5.75 Å². The molecule has 0 radical (unpaired) electrons. The number of methoxy groups -OCH3 is 1. The van der Waals surface area contributed by atoms with E-state index in [0.717, 1.165) is 25.3 Å². The summed E-state index contributed by atoms with van der Waals surface area (Å²) in [6.07, 6.45) is 3.37. The fourth-order valence-electron chi connectivity index (χ4n) is 4.04. The smallest absolute Gasteiger partial charge is 0.118 e. The minimum absolute atomic E-state index is 0.0621. The van der Waals surface area contributed by atoms with Gasteiger partial charge in [0.2, 0.25) is 0 Å². The Labute approximate surface area is 131 Å². The van der Waals surface area contributed by atoms with E-state index >= 15 is 0 Å². The van der Waals surface area contributed by atoms with Crippen molar-refractivity contribution in [2.24, 2.45) is 17.8 Å². The van der Waals surface area contributed by atoms with Crippen molar-refractivity contribution in [2.45, 2.75) is 12.3 Å². The molecular weight excluding hydrogens is 278 g/mol. The van der Waals surface area contributed by atoms with Gasteiger partial charge < -0.3 is 20.3 Å². The lowest BCUT2D eigenvalue weighted by Crippen LogP contribution is -2.45. The van der Waals surface area contributed by atoms with Crippen LogP contribution in [0.2, 0.25) is 0 Å². The molecule has 120 valence electrons. The fraction of sp³-hybridized carbons (Fsp3) is 0.556. The van der Waals surface area contributed by atoms with Gasteiger partial charge in [0.15, 0.2) is 0 Å². The van der Waals surface area contributed by atoms with Crippen molar-refractivity contribution in [1.29, 1.82) is 0 Å². The maximum atomic E-state index is 9.93. The van der Waals surface area contributed by atoms with Crippen LogP contribution < -0.4 is 10.1 Å². The van der Waals surface area contributed by atoms with Crippen LogP contribution in [0.4, 0.5) is 0 Å². The molecule has 1 aliphatic carbocycles. The average Bonchev–Trinajstić information content (AvgIpc) is 2.60. The molecule has 1 saturated heterocycles. The Morgan fingerprint density at radius 3 is 2.50 bits per heavy atom. The number of rotatable bonds is 4. The molecular formula is C18H25NO3. The Kier molecular flexibility index (Phi) is 4.81. The standard InChI is InChI=1S/C18H25NO3/c1-22-14-4-2-12(3-5-14)15-8-13-6-7-19-9-16(13)18(11-21)17(15)10-20/h2-5,8,15-21H,6-7,9-11H2,1H3. The van der Waals surface area contributed by atoms with Crippen molar-refractivity contribution in [2.75, 3.05) is 33.4 Å². The number of nitrogens with one attached hydrogen (secondary N) is 1. The number of piperidine rings is 1. The number of ether oxygens (including phenoxy) is 1. The van der Waals surface area contributed by atoms with E-state index in [-0.39, 0.29) is 31.0 Å². The Morgan fingerprint density at radius 1 is 1.14 bits per heavy atom. The quantitative estimate of drug-likeness (QED) is 0.739. The highest BCUT2D eigenvalue weighted by atomic mass is 16.5. The van der Waals surface area contributed by atoms with Gasteiger partial charge in [-0.15, -0.1) is 0 Å². The predicted molar refractivity (Wildman–Crippen MR) is 85.9 cm³/mol. The van der Waals surface area contributed by atoms with E-state index in [1.165, 1.54) is 11.1 Å². The van der Waals surface area contributed by atoms with Crippen LogP contribution in [0.1, 0.15) is 17.9 Å². The lowest BCUT2D eigenvalue weighted by molar-refractivity contribution is 0.0680. The molecule has 4 heteroatoms. The second-order valence-corrected chi connectivity index (χ2v) is 6.29. The molecule has 0 saturated carbocycles. The molecule has 1 aromatic rings. The Hall–Kier alpha value is -1.36. The largest absolute Gasteiger partial charge is 0.497 e. The van der Waals surface area contributed by atoms with Gasteiger partial charge in [-0.2, -0.15) is 0 Å². The van der Waals surface area contributed by atoms with Crippen LogP contribution in [0.5, 0.6) is 5.75 Å². The molecule has 4 atom stereocenters. The van der Waals surface area contributed by atoms with Crippen molar-refractivity contribution >= 4 is 0 Å². The first-order valence-electron chi connectivity index (χ1n) is 8.05. The number of aliphatic hydroxyl groups excluding tert-OH is 2. The van der Waals surface area contributed by atoms with Gasteiger partial charge >= 0.3 is 0 Å². The van der Waals surface area contributed by atoms with Gasteiger partial charge in [-0.05, 0) is 48.4 Å². The van der Waals surface area contributed by atoms with Crippen molar-refractivity contribution < 1.29 is 14.9 Å². The zero-order chi connectivity index (χ0) is 15.5. The summed E-state index contributed by atoms with van der Waals surface area (Å²) in [4.78, 5) is 0. The summed E-state index contributed by atoms with van der Waals surface area (Å²) in [5, 5.41) is 23.2. The summed E-state index contributed by atoms with van der Waals surface area (Å²) < 4.78 is 5.22. The van der Waals surface area contributed by atoms with E-state index in [4.69, 9.17) is 4.74 Å². The highest BCUT2D eigenvalue weighted by Crippen LogP contribution is 2.44. The summed E-state index contributed by atoms with van der Waals surface area (Å²) >= 11 is 0. The second kappa shape index (κ2) is 6.82. The van der Waals surface area contributed by atoms with Gasteiger partial charge in [-0.1, -0.05) is 23.8 Å². The number of aliphatic hydroxyl groups is 2. The first kappa shape index (κ1) is 15.5. The summed E-state index contributed by atoms with van der Waals surface area (Å²) in [5.74, 6) is 1.53. The molecule has 3 rings (SSSR count). The van der Waals surface area contributed by atoms with Crippen molar-refractivity contribution in [3.63, 3.8) is 0 Å². The molecule has 1 fully saturated rings. The van der Waals surface area contributed by atoms with Gasteiger partial charge in [0, 0.05) is 25.7 Å². The van der Waals surface area contributed by atoms with Crippen molar-refractivity contribution in [3.05, 3.63) is 41.5 Å².